The first-order valence-corrected chi connectivity index (χ1v) is 9.82. The normalized spacial score (nSPS) is 11.3. The van der Waals surface area contributed by atoms with Crippen molar-refractivity contribution in [3.05, 3.63) is 95.3 Å². The van der Waals surface area contributed by atoms with Crippen molar-refractivity contribution >= 4 is 11.0 Å². The first-order chi connectivity index (χ1) is 13.6. The maximum Gasteiger partial charge on any atom is 0.148 e. The molecule has 0 amide bonds. The highest BCUT2D eigenvalue weighted by Gasteiger charge is 2.12. The molecule has 0 aliphatic carbocycles. The van der Waals surface area contributed by atoms with Gasteiger partial charge in [0.15, 0.2) is 0 Å². The van der Waals surface area contributed by atoms with Crippen molar-refractivity contribution in [2.75, 3.05) is 0 Å². The molecule has 0 saturated heterocycles. The molecule has 4 aromatic rings. The van der Waals surface area contributed by atoms with Gasteiger partial charge < -0.3 is 9.30 Å². The topological polar surface area (TPSA) is 27.1 Å². The van der Waals surface area contributed by atoms with E-state index in [1.54, 1.807) is 0 Å². The van der Waals surface area contributed by atoms with E-state index in [1.807, 2.05) is 18.2 Å². The molecule has 3 aromatic carbocycles. The Hall–Kier alpha value is -3.07. The second kappa shape index (κ2) is 7.89. The number of aryl methyl sites for hydroxylation is 1. The number of nitrogens with zero attached hydrogens (tertiary/aromatic N) is 2. The lowest BCUT2D eigenvalue weighted by Crippen LogP contribution is -2.08. The van der Waals surface area contributed by atoms with Gasteiger partial charge in [-0.2, -0.15) is 0 Å². The van der Waals surface area contributed by atoms with Gasteiger partial charge in [-0.1, -0.05) is 67.9 Å². The lowest BCUT2D eigenvalue weighted by Gasteiger charge is -2.12. The molecule has 1 heterocycles. The number of imidazole rings is 1. The van der Waals surface area contributed by atoms with Crippen LogP contribution in [0.5, 0.6) is 5.75 Å². The molecule has 3 nitrogen and oxygen atoms in total. The van der Waals surface area contributed by atoms with Crippen LogP contribution in [0.15, 0.2) is 72.8 Å². The Bertz CT molecular complexity index is 1080. The van der Waals surface area contributed by atoms with E-state index in [9.17, 15) is 0 Å². The largest absolute Gasteiger partial charge is 0.486 e. The quantitative estimate of drug-likeness (QED) is 0.410. The third-order valence-corrected chi connectivity index (χ3v) is 5.07. The number of ether oxygens (including phenoxy) is 1. The standard InChI is InChI=1S/C25H26N2O/c1-18(2)21-11-13-22(14-12-21)28-17-25-26-23-9-4-5-10-24(23)27(25)16-20-8-6-7-19(3)15-20/h4-15,18H,16-17H2,1-3H3. The zero-order valence-corrected chi connectivity index (χ0v) is 16.7. The summed E-state index contributed by atoms with van der Waals surface area (Å²) in [7, 11) is 0. The van der Waals surface area contributed by atoms with Crippen LogP contribution in [0.2, 0.25) is 0 Å². The molecule has 142 valence electrons. The van der Waals surface area contributed by atoms with Crippen LogP contribution in [0.25, 0.3) is 11.0 Å². The number of aromatic nitrogens is 2. The Morgan fingerprint density at radius 2 is 1.71 bits per heavy atom. The molecule has 28 heavy (non-hydrogen) atoms. The summed E-state index contributed by atoms with van der Waals surface area (Å²) in [4.78, 5) is 4.83. The van der Waals surface area contributed by atoms with Gasteiger partial charge in [0.2, 0.25) is 0 Å². The van der Waals surface area contributed by atoms with Crippen LogP contribution in [0, 0.1) is 6.92 Å². The molecule has 0 spiro atoms. The van der Waals surface area contributed by atoms with Crippen LogP contribution < -0.4 is 4.74 Å². The van der Waals surface area contributed by atoms with Crippen molar-refractivity contribution in [2.45, 2.75) is 39.8 Å². The Labute approximate surface area is 166 Å². The van der Waals surface area contributed by atoms with Crippen molar-refractivity contribution < 1.29 is 4.74 Å². The van der Waals surface area contributed by atoms with E-state index in [0.717, 1.165) is 29.2 Å². The number of para-hydroxylation sites is 2. The average molecular weight is 370 g/mol. The molecule has 0 unspecified atom stereocenters. The fourth-order valence-electron chi connectivity index (χ4n) is 3.50. The first kappa shape index (κ1) is 18.3. The molecule has 0 atom stereocenters. The molecule has 0 N–H and O–H groups in total. The highest BCUT2D eigenvalue weighted by Crippen LogP contribution is 2.22. The summed E-state index contributed by atoms with van der Waals surface area (Å²) < 4.78 is 8.33. The average Bonchev–Trinajstić information content (AvgIpc) is 3.04. The van der Waals surface area contributed by atoms with Crippen molar-refractivity contribution in [2.24, 2.45) is 0 Å². The number of fused-ring (bicyclic) bond motifs is 1. The molecule has 0 fully saturated rings. The Morgan fingerprint density at radius 1 is 0.929 bits per heavy atom. The van der Waals surface area contributed by atoms with Gasteiger partial charge in [0.1, 0.15) is 18.2 Å². The predicted octanol–water partition coefficient (Wildman–Crippen LogP) is 6.10. The van der Waals surface area contributed by atoms with E-state index in [4.69, 9.17) is 9.72 Å². The van der Waals surface area contributed by atoms with E-state index in [-0.39, 0.29) is 0 Å². The van der Waals surface area contributed by atoms with Crippen molar-refractivity contribution in [1.29, 1.82) is 0 Å². The molecule has 0 aliphatic rings. The van der Waals surface area contributed by atoms with Gasteiger partial charge >= 0.3 is 0 Å². The minimum atomic E-state index is 0.446. The molecule has 0 saturated carbocycles. The Morgan fingerprint density at radius 3 is 2.46 bits per heavy atom. The molecule has 4 rings (SSSR count). The van der Waals surface area contributed by atoms with E-state index in [2.05, 4.69) is 79.9 Å². The lowest BCUT2D eigenvalue weighted by atomic mass is 10.0. The van der Waals surface area contributed by atoms with Crippen LogP contribution in [0.4, 0.5) is 0 Å². The summed E-state index contributed by atoms with van der Waals surface area (Å²) in [6.07, 6.45) is 0. The Balaban J connectivity index is 1.61. The van der Waals surface area contributed by atoms with Crippen LogP contribution in [0.1, 0.15) is 42.3 Å². The minimum absolute atomic E-state index is 0.446. The molecule has 0 bridgehead atoms. The summed E-state index contributed by atoms with van der Waals surface area (Å²) in [5.41, 5.74) is 6.00. The van der Waals surface area contributed by atoms with Crippen molar-refractivity contribution in [3.63, 3.8) is 0 Å². The smallest absolute Gasteiger partial charge is 0.148 e. The summed E-state index contributed by atoms with van der Waals surface area (Å²) in [5, 5.41) is 0. The molecule has 0 aliphatic heterocycles. The van der Waals surface area contributed by atoms with Gasteiger partial charge in [0, 0.05) is 6.54 Å². The number of rotatable bonds is 6. The predicted molar refractivity (Wildman–Crippen MR) is 115 cm³/mol. The second-order valence-electron chi connectivity index (χ2n) is 7.60. The molecule has 1 aromatic heterocycles. The lowest BCUT2D eigenvalue weighted by molar-refractivity contribution is 0.291. The molecular weight excluding hydrogens is 344 g/mol. The monoisotopic (exact) mass is 370 g/mol. The van der Waals surface area contributed by atoms with Crippen molar-refractivity contribution in [1.82, 2.24) is 9.55 Å². The van der Waals surface area contributed by atoms with Crippen LogP contribution in [-0.4, -0.2) is 9.55 Å². The maximum atomic E-state index is 6.08. The zero-order valence-electron chi connectivity index (χ0n) is 16.7. The molecule has 3 heteroatoms. The molecular formula is C25H26N2O. The van der Waals surface area contributed by atoms with Crippen LogP contribution in [0.3, 0.4) is 0 Å². The summed E-state index contributed by atoms with van der Waals surface area (Å²) in [6, 6.07) is 25.3. The zero-order chi connectivity index (χ0) is 19.5. The minimum Gasteiger partial charge on any atom is -0.486 e. The number of hydrogen-bond acceptors (Lipinski definition) is 2. The fraction of sp³-hybridized carbons (Fsp3) is 0.240. The first-order valence-electron chi connectivity index (χ1n) is 9.82. The Kier molecular flexibility index (Phi) is 5.16. The van der Waals surface area contributed by atoms with Gasteiger partial charge in [-0.25, -0.2) is 4.98 Å². The summed E-state index contributed by atoms with van der Waals surface area (Å²) in [5.74, 6) is 2.33. The van der Waals surface area contributed by atoms with Gasteiger partial charge in [-0.05, 0) is 48.2 Å². The van der Waals surface area contributed by atoms with Gasteiger partial charge in [-0.3, -0.25) is 0 Å². The summed E-state index contributed by atoms with van der Waals surface area (Å²) in [6.45, 7) is 7.75. The summed E-state index contributed by atoms with van der Waals surface area (Å²) >= 11 is 0. The number of hydrogen-bond donors (Lipinski definition) is 0. The van der Waals surface area contributed by atoms with Crippen LogP contribution >= 0.6 is 0 Å². The second-order valence-corrected chi connectivity index (χ2v) is 7.60. The third-order valence-electron chi connectivity index (χ3n) is 5.07. The van der Waals surface area contributed by atoms with Gasteiger partial charge in [-0.15, -0.1) is 0 Å². The SMILES string of the molecule is Cc1cccc(Cn2c(COc3ccc(C(C)C)cc3)nc3ccccc32)c1. The third kappa shape index (κ3) is 3.94. The van der Waals surface area contributed by atoms with Gasteiger partial charge in [0.05, 0.1) is 11.0 Å². The van der Waals surface area contributed by atoms with E-state index in [1.165, 1.54) is 16.7 Å². The van der Waals surface area contributed by atoms with Crippen LogP contribution in [-0.2, 0) is 13.2 Å². The highest BCUT2D eigenvalue weighted by atomic mass is 16.5. The van der Waals surface area contributed by atoms with Crippen molar-refractivity contribution in [3.8, 4) is 5.75 Å². The van der Waals surface area contributed by atoms with Gasteiger partial charge in [0.25, 0.3) is 0 Å². The maximum absolute atomic E-state index is 6.08. The number of benzene rings is 3. The fourth-order valence-corrected chi connectivity index (χ4v) is 3.50. The van der Waals surface area contributed by atoms with E-state index >= 15 is 0 Å². The van der Waals surface area contributed by atoms with E-state index < -0.39 is 0 Å². The highest BCUT2D eigenvalue weighted by molar-refractivity contribution is 5.76. The van der Waals surface area contributed by atoms with E-state index in [0.29, 0.717) is 12.5 Å². The molecule has 0 radical (unpaired) electrons.